The van der Waals surface area contributed by atoms with Crippen LogP contribution in [0.15, 0.2) is 71.7 Å². The van der Waals surface area contributed by atoms with Crippen molar-refractivity contribution >= 4 is 17.3 Å². The van der Waals surface area contributed by atoms with E-state index in [-0.39, 0.29) is 29.0 Å². The van der Waals surface area contributed by atoms with Crippen LogP contribution in [0.1, 0.15) is 15.9 Å². The van der Waals surface area contributed by atoms with Crippen molar-refractivity contribution in [1.82, 2.24) is 4.57 Å². The van der Waals surface area contributed by atoms with Gasteiger partial charge >= 0.3 is 0 Å². The minimum Gasteiger partial charge on any atom is -0.316 e. The summed E-state index contributed by atoms with van der Waals surface area (Å²) in [5, 5.41) is 13.5. The molecule has 0 spiro atoms. The predicted molar refractivity (Wildman–Crippen MR) is 97.3 cm³/mol. The SMILES string of the molecule is O=C(Nc1ccccc1[N+](=O)[O-])c1ccc(=O)n(Cc2cccc(F)c2)c1. The van der Waals surface area contributed by atoms with E-state index >= 15 is 0 Å². The Balaban J connectivity index is 1.86. The minimum atomic E-state index is -0.600. The Morgan fingerprint density at radius 1 is 1.11 bits per heavy atom. The summed E-state index contributed by atoms with van der Waals surface area (Å²) in [7, 11) is 0. The standard InChI is InChI=1S/C19H14FN3O4/c20-15-5-3-4-13(10-15)11-22-12-14(8-9-18(22)24)19(25)21-16-6-1-2-7-17(16)23(26)27/h1-10,12H,11H2,(H,21,25). The van der Waals surface area contributed by atoms with Crippen LogP contribution >= 0.6 is 0 Å². The van der Waals surface area contributed by atoms with Crippen LogP contribution < -0.4 is 10.9 Å². The number of nitrogens with zero attached hydrogens (tertiary/aromatic N) is 2. The lowest BCUT2D eigenvalue weighted by Crippen LogP contribution is -2.22. The second-order valence-electron chi connectivity index (χ2n) is 5.74. The lowest BCUT2D eigenvalue weighted by Gasteiger charge is -2.09. The summed E-state index contributed by atoms with van der Waals surface area (Å²) >= 11 is 0. The van der Waals surface area contributed by atoms with Gasteiger partial charge in [-0.2, -0.15) is 0 Å². The molecule has 3 aromatic rings. The molecule has 1 aromatic heterocycles. The molecule has 2 aromatic carbocycles. The van der Waals surface area contributed by atoms with Gasteiger partial charge in [-0.1, -0.05) is 24.3 Å². The summed E-state index contributed by atoms with van der Waals surface area (Å²) in [5.41, 5.74) is 0.160. The minimum absolute atomic E-state index is 0.0513. The Bertz CT molecular complexity index is 1080. The normalized spacial score (nSPS) is 10.4. The summed E-state index contributed by atoms with van der Waals surface area (Å²) in [6.07, 6.45) is 1.33. The fraction of sp³-hybridized carbons (Fsp3) is 0.0526. The van der Waals surface area contributed by atoms with Crippen LogP contribution in [0.5, 0.6) is 0 Å². The van der Waals surface area contributed by atoms with Crippen molar-refractivity contribution in [1.29, 1.82) is 0 Å². The molecule has 136 valence electrons. The molecule has 7 nitrogen and oxygen atoms in total. The number of rotatable bonds is 5. The van der Waals surface area contributed by atoms with Gasteiger partial charge < -0.3 is 9.88 Å². The quantitative estimate of drug-likeness (QED) is 0.553. The third-order valence-corrected chi connectivity index (χ3v) is 3.84. The molecule has 27 heavy (non-hydrogen) atoms. The first kappa shape index (κ1) is 18.0. The highest BCUT2D eigenvalue weighted by Gasteiger charge is 2.16. The highest BCUT2D eigenvalue weighted by atomic mass is 19.1. The second kappa shape index (κ2) is 7.61. The molecule has 1 N–H and O–H groups in total. The van der Waals surface area contributed by atoms with Gasteiger partial charge in [0.1, 0.15) is 11.5 Å². The van der Waals surface area contributed by atoms with Gasteiger partial charge in [-0.05, 0) is 29.8 Å². The van der Waals surface area contributed by atoms with Crippen molar-refractivity contribution in [2.24, 2.45) is 0 Å². The van der Waals surface area contributed by atoms with E-state index in [4.69, 9.17) is 0 Å². The number of carbonyl (C=O) groups excluding carboxylic acids is 1. The van der Waals surface area contributed by atoms with Gasteiger partial charge in [-0.3, -0.25) is 19.7 Å². The molecule has 1 amide bonds. The Hall–Kier alpha value is -3.81. The van der Waals surface area contributed by atoms with Crippen LogP contribution in [-0.4, -0.2) is 15.4 Å². The molecule has 0 aliphatic rings. The molecule has 0 radical (unpaired) electrons. The van der Waals surface area contributed by atoms with E-state index in [1.54, 1.807) is 12.1 Å². The summed E-state index contributed by atoms with van der Waals surface area (Å²) in [6.45, 7) is 0.0865. The molecule has 1 heterocycles. The summed E-state index contributed by atoms with van der Waals surface area (Å²) in [4.78, 5) is 34.9. The van der Waals surface area contributed by atoms with E-state index in [0.29, 0.717) is 5.56 Å². The molecule has 0 bridgehead atoms. The molecular formula is C19H14FN3O4. The monoisotopic (exact) mass is 367 g/mol. The number of hydrogen-bond acceptors (Lipinski definition) is 4. The highest BCUT2D eigenvalue weighted by molar-refractivity contribution is 6.05. The van der Waals surface area contributed by atoms with Gasteiger partial charge in [-0.15, -0.1) is 0 Å². The van der Waals surface area contributed by atoms with E-state index in [0.717, 1.165) is 0 Å². The van der Waals surface area contributed by atoms with Crippen molar-refractivity contribution in [2.45, 2.75) is 6.54 Å². The van der Waals surface area contributed by atoms with Crippen LogP contribution in [0.25, 0.3) is 0 Å². The molecule has 0 fully saturated rings. The van der Waals surface area contributed by atoms with Gasteiger partial charge in [0, 0.05) is 18.3 Å². The Morgan fingerprint density at radius 3 is 2.63 bits per heavy atom. The van der Waals surface area contributed by atoms with Crippen LogP contribution in [0.4, 0.5) is 15.8 Å². The number of pyridine rings is 1. The average Bonchev–Trinajstić information content (AvgIpc) is 2.64. The first-order valence-electron chi connectivity index (χ1n) is 7.94. The molecule has 0 unspecified atom stereocenters. The number of hydrogen-bond donors (Lipinski definition) is 1. The largest absolute Gasteiger partial charge is 0.316 e. The first-order valence-corrected chi connectivity index (χ1v) is 7.94. The number of anilines is 1. The molecule has 0 atom stereocenters. The van der Waals surface area contributed by atoms with E-state index < -0.39 is 16.6 Å². The zero-order valence-corrected chi connectivity index (χ0v) is 14.0. The number of nitro benzene ring substituents is 1. The van der Waals surface area contributed by atoms with Crippen LogP contribution in [-0.2, 0) is 6.54 Å². The van der Waals surface area contributed by atoms with Gasteiger partial charge in [0.15, 0.2) is 0 Å². The van der Waals surface area contributed by atoms with Crippen molar-refractivity contribution in [2.75, 3.05) is 5.32 Å². The Morgan fingerprint density at radius 2 is 1.89 bits per heavy atom. The fourth-order valence-corrected chi connectivity index (χ4v) is 2.55. The number of carbonyl (C=O) groups is 1. The summed E-state index contributed by atoms with van der Waals surface area (Å²) < 4.78 is 14.6. The molecular weight excluding hydrogens is 353 g/mol. The van der Waals surface area contributed by atoms with Crippen molar-refractivity contribution in [3.63, 3.8) is 0 Å². The zero-order valence-electron chi connectivity index (χ0n) is 14.0. The zero-order chi connectivity index (χ0) is 19.4. The number of halogens is 1. The number of nitro groups is 1. The van der Waals surface area contributed by atoms with Crippen LogP contribution in [0.2, 0.25) is 0 Å². The van der Waals surface area contributed by atoms with Crippen molar-refractivity contribution < 1.29 is 14.1 Å². The average molecular weight is 367 g/mol. The molecule has 3 rings (SSSR count). The highest BCUT2D eigenvalue weighted by Crippen LogP contribution is 2.23. The van der Waals surface area contributed by atoms with Crippen LogP contribution in [0.3, 0.4) is 0 Å². The smallest absolute Gasteiger partial charge is 0.292 e. The maximum atomic E-state index is 13.3. The third kappa shape index (κ3) is 4.24. The molecule has 0 aliphatic heterocycles. The maximum Gasteiger partial charge on any atom is 0.292 e. The lowest BCUT2D eigenvalue weighted by molar-refractivity contribution is -0.383. The fourth-order valence-electron chi connectivity index (χ4n) is 2.55. The third-order valence-electron chi connectivity index (χ3n) is 3.84. The summed E-state index contributed by atoms with van der Waals surface area (Å²) in [6, 6.07) is 14.1. The predicted octanol–water partition coefficient (Wildman–Crippen LogP) is 3.20. The van der Waals surface area contributed by atoms with E-state index in [1.165, 1.54) is 59.3 Å². The Labute approximate surface area is 152 Å². The number of benzene rings is 2. The summed E-state index contributed by atoms with van der Waals surface area (Å²) in [5.74, 6) is -1.02. The van der Waals surface area contributed by atoms with E-state index in [9.17, 15) is 24.1 Å². The number of aromatic nitrogens is 1. The number of nitrogens with one attached hydrogen (secondary N) is 1. The van der Waals surface area contributed by atoms with Crippen LogP contribution in [0, 0.1) is 15.9 Å². The molecule has 0 saturated carbocycles. The van der Waals surface area contributed by atoms with Gasteiger partial charge in [-0.25, -0.2) is 4.39 Å². The maximum absolute atomic E-state index is 13.3. The van der Waals surface area contributed by atoms with Gasteiger partial charge in [0.25, 0.3) is 17.2 Å². The van der Waals surface area contributed by atoms with E-state index in [2.05, 4.69) is 5.32 Å². The Kier molecular flexibility index (Phi) is 5.07. The van der Waals surface area contributed by atoms with Gasteiger partial charge in [0.2, 0.25) is 0 Å². The molecule has 0 saturated heterocycles. The topological polar surface area (TPSA) is 94.2 Å². The van der Waals surface area contributed by atoms with Gasteiger partial charge in [0.05, 0.1) is 17.0 Å². The van der Waals surface area contributed by atoms with E-state index in [1.807, 2.05) is 0 Å². The lowest BCUT2D eigenvalue weighted by atomic mass is 10.2. The second-order valence-corrected chi connectivity index (χ2v) is 5.74. The number of para-hydroxylation sites is 2. The first-order chi connectivity index (χ1) is 12.9. The molecule has 0 aliphatic carbocycles. The van der Waals surface area contributed by atoms with Crippen molar-refractivity contribution in [3.05, 3.63) is 104 Å². The van der Waals surface area contributed by atoms with Crippen molar-refractivity contribution in [3.8, 4) is 0 Å². The molecule has 8 heteroatoms. The number of amides is 1.